The Balaban J connectivity index is 1.72. The summed E-state index contributed by atoms with van der Waals surface area (Å²) >= 11 is 1.32. The molecule has 0 bridgehead atoms. The number of alkyl halides is 3. The fourth-order valence-corrected chi connectivity index (χ4v) is 3.30. The number of hydrogen-bond acceptors (Lipinski definition) is 6. The molecular weight excluding hydrogens is 367 g/mol. The first-order valence-electron chi connectivity index (χ1n) is 7.57. The van der Waals surface area contributed by atoms with Crippen molar-refractivity contribution in [1.29, 1.82) is 0 Å². The highest BCUT2D eigenvalue weighted by Crippen LogP contribution is 2.35. The molecule has 26 heavy (non-hydrogen) atoms. The van der Waals surface area contributed by atoms with E-state index in [9.17, 15) is 13.2 Å². The third-order valence-electron chi connectivity index (χ3n) is 3.77. The predicted octanol–water partition coefficient (Wildman–Crippen LogP) is 3.34. The molecule has 4 aromatic heterocycles. The van der Waals surface area contributed by atoms with Crippen LogP contribution >= 0.6 is 11.3 Å². The fraction of sp³-hybridized carbons (Fsp3) is 0.200. The summed E-state index contributed by atoms with van der Waals surface area (Å²) in [5.41, 5.74) is 5.78. The van der Waals surface area contributed by atoms with Gasteiger partial charge in [-0.3, -0.25) is 4.68 Å². The topological polar surface area (TPSA) is 86.9 Å². The van der Waals surface area contributed by atoms with Gasteiger partial charge in [0.25, 0.3) is 0 Å². The molecular formula is C15H12F3N7S. The van der Waals surface area contributed by atoms with Crippen molar-refractivity contribution < 1.29 is 13.2 Å². The highest BCUT2D eigenvalue weighted by molar-refractivity contribution is 7.19. The zero-order valence-corrected chi connectivity index (χ0v) is 14.2. The molecule has 0 unspecified atom stereocenters. The Morgan fingerprint density at radius 2 is 2.00 bits per heavy atom. The number of nitrogen functional groups attached to an aromatic ring is 1. The number of aryl methyl sites for hydroxylation is 1. The monoisotopic (exact) mass is 379 g/mol. The number of pyridine rings is 1. The van der Waals surface area contributed by atoms with Crippen molar-refractivity contribution in [2.45, 2.75) is 19.6 Å². The van der Waals surface area contributed by atoms with E-state index in [-0.39, 0.29) is 5.56 Å². The van der Waals surface area contributed by atoms with Crippen LogP contribution < -0.4 is 5.73 Å². The van der Waals surface area contributed by atoms with Crippen molar-refractivity contribution in [2.24, 2.45) is 0 Å². The lowest BCUT2D eigenvalue weighted by Crippen LogP contribution is -2.10. The zero-order valence-electron chi connectivity index (χ0n) is 13.4. The maximum atomic E-state index is 13.0. The minimum absolute atomic E-state index is 0.226. The molecule has 0 aliphatic carbocycles. The highest BCUT2D eigenvalue weighted by Gasteiger charge is 2.34. The molecule has 134 valence electrons. The summed E-state index contributed by atoms with van der Waals surface area (Å²) in [6, 6.07) is 0.945. The van der Waals surface area contributed by atoms with Gasteiger partial charge in [0.1, 0.15) is 5.82 Å². The molecule has 0 aromatic carbocycles. The Morgan fingerprint density at radius 3 is 2.65 bits per heavy atom. The van der Waals surface area contributed by atoms with Gasteiger partial charge >= 0.3 is 6.18 Å². The van der Waals surface area contributed by atoms with E-state index in [0.717, 1.165) is 23.2 Å². The number of halogens is 3. The van der Waals surface area contributed by atoms with E-state index in [4.69, 9.17) is 5.73 Å². The van der Waals surface area contributed by atoms with Crippen LogP contribution in [0, 0.1) is 0 Å². The molecule has 0 radical (unpaired) electrons. The van der Waals surface area contributed by atoms with E-state index in [1.807, 2.05) is 13.1 Å². The lowest BCUT2D eigenvalue weighted by atomic mass is 10.1. The Hall–Kier alpha value is -2.95. The fourth-order valence-electron chi connectivity index (χ4n) is 2.45. The number of nitrogens with two attached hydrogens (primary N) is 1. The summed E-state index contributed by atoms with van der Waals surface area (Å²) in [6.07, 6.45) is 1.84. The van der Waals surface area contributed by atoms with Gasteiger partial charge in [0.05, 0.1) is 29.2 Å². The average Bonchev–Trinajstić information content (AvgIpc) is 3.27. The quantitative estimate of drug-likeness (QED) is 0.590. The second-order valence-corrected chi connectivity index (χ2v) is 6.46. The number of anilines is 1. The number of aromatic nitrogens is 6. The summed E-state index contributed by atoms with van der Waals surface area (Å²) < 4.78 is 42.3. The van der Waals surface area contributed by atoms with Crippen LogP contribution in [0.5, 0.6) is 0 Å². The number of fused-ring (bicyclic) bond motifs is 1. The molecule has 0 aliphatic rings. The Morgan fingerprint density at radius 1 is 1.19 bits per heavy atom. The second kappa shape index (κ2) is 5.80. The summed E-state index contributed by atoms with van der Waals surface area (Å²) in [5.74, 6) is -0.560. The molecule has 0 amide bonds. The van der Waals surface area contributed by atoms with Crippen LogP contribution in [0.4, 0.5) is 19.0 Å². The van der Waals surface area contributed by atoms with Crippen molar-refractivity contribution in [3.8, 4) is 21.8 Å². The molecule has 4 heterocycles. The SMILES string of the molecule is CCn1cc(-c2nn3cc(-c4cnc(N)c(C(F)(F)F)c4)nc3s2)cn1. The Labute approximate surface area is 148 Å². The molecule has 7 nitrogen and oxygen atoms in total. The molecule has 0 atom stereocenters. The van der Waals surface area contributed by atoms with Crippen LogP contribution in [-0.2, 0) is 12.7 Å². The van der Waals surface area contributed by atoms with Gasteiger partial charge in [0.2, 0.25) is 4.96 Å². The van der Waals surface area contributed by atoms with Crippen LogP contribution in [0.15, 0.2) is 30.9 Å². The minimum Gasteiger partial charge on any atom is -0.383 e. The molecule has 11 heteroatoms. The number of rotatable bonds is 3. The summed E-state index contributed by atoms with van der Waals surface area (Å²) in [6.45, 7) is 2.73. The molecule has 0 saturated carbocycles. The summed E-state index contributed by atoms with van der Waals surface area (Å²) in [7, 11) is 0. The number of nitrogens with zero attached hydrogens (tertiary/aromatic N) is 6. The molecule has 0 fully saturated rings. The number of hydrogen-bond donors (Lipinski definition) is 1. The normalized spacial score (nSPS) is 12.2. The summed E-state index contributed by atoms with van der Waals surface area (Å²) in [5, 5.41) is 9.34. The van der Waals surface area contributed by atoms with Gasteiger partial charge in [-0.25, -0.2) is 14.5 Å². The van der Waals surface area contributed by atoms with Gasteiger partial charge in [-0.05, 0) is 13.0 Å². The highest BCUT2D eigenvalue weighted by atomic mass is 32.1. The molecule has 2 N–H and O–H groups in total. The van der Waals surface area contributed by atoms with Crippen molar-refractivity contribution >= 4 is 22.1 Å². The van der Waals surface area contributed by atoms with Gasteiger partial charge in [0, 0.05) is 24.5 Å². The van der Waals surface area contributed by atoms with Gasteiger partial charge in [0.15, 0.2) is 5.01 Å². The third kappa shape index (κ3) is 2.79. The maximum Gasteiger partial charge on any atom is 0.419 e. The Bertz CT molecular complexity index is 1060. The van der Waals surface area contributed by atoms with E-state index >= 15 is 0 Å². The van der Waals surface area contributed by atoms with Crippen molar-refractivity contribution in [3.05, 3.63) is 36.4 Å². The largest absolute Gasteiger partial charge is 0.419 e. The van der Waals surface area contributed by atoms with E-state index in [0.29, 0.717) is 10.7 Å². The third-order valence-corrected chi connectivity index (χ3v) is 4.74. The molecule has 4 rings (SSSR count). The van der Waals surface area contributed by atoms with Crippen LogP contribution in [0.2, 0.25) is 0 Å². The van der Waals surface area contributed by atoms with Gasteiger partial charge in [-0.1, -0.05) is 11.3 Å². The zero-order chi connectivity index (χ0) is 18.5. The van der Waals surface area contributed by atoms with Crippen LogP contribution in [0.1, 0.15) is 12.5 Å². The molecule has 0 saturated heterocycles. The second-order valence-electron chi connectivity index (χ2n) is 5.50. The standard InChI is InChI=1S/C15H12F3N7S/c1-2-24-6-9(5-21-24)13-23-25-7-11(22-14(25)26-13)8-3-10(15(16,17)18)12(19)20-4-8/h3-7H,2H2,1H3,(H2,19,20). The predicted molar refractivity (Wildman–Crippen MR) is 90.4 cm³/mol. The van der Waals surface area contributed by atoms with E-state index in [1.165, 1.54) is 22.0 Å². The van der Waals surface area contributed by atoms with E-state index in [1.54, 1.807) is 17.1 Å². The van der Waals surface area contributed by atoms with Gasteiger partial charge in [-0.15, -0.1) is 0 Å². The maximum absolute atomic E-state index is 13.0. The molecule has 0 spiro atoms. The van der Waals surface area contributed by atoms with Crippen molar-refractivity contribution in [1.82, 2.24) is 29.4 Å². The van der Waals surface area contributed by atoms with Gasteiger partial charge in [-0.2, -0.15) is 23.4 Å². The van der Waals surface area contributed by atoms with E-state index < -0.39 is 17.6 Å². The minimum atomic E-state index is -4.57. The van der Waals surface area contributed by atoms with Gasteiger partial charge < -0.3 is 5.73 Å². The first-order valence-corrected chi connectivity index (χ1v) is 8.39. The number of imidazole rings is 1. The van der Waals surface area contributed by atoms with Crippen LogP contribution in [0.3, 0.4) is 0 Å². The smallest absolute Gasteiger partial charge is 0.383 e. The van der Waals surface area contributed by atoms with Crippen molar-refractivity contribution in [3.63, 3.8) is 0 Å². The van der Waals surface area contributed by atoms with Crippen LogP contribution in [0.25, 0.3) is 26.8 Å². The average molecular weight is 379 g/mol. The summed E-state index contributed by atoms with van der Waals surface area (Å²) in [4.78, 5) is 8.55. The molecule has 0 aliphatic heterocycles. The van der Waals surface area contributed by atoms with Crippen LogP contribution in [-0.4, -0.2) is 29.4 Å². The molecule has 4 aromatic rings. The van der Waals surface area contributed by atoms with E-state index in [2.05, 4.69) is 20.2 Å². The first-order chi connectivity index (χ1) is 12.3. The Kier molecular flexibility index (Phi) is 3.68. The lowest BCUT2D eigenvalue weighted by molar-refractivity contribution is -0.137. The lowest BCUT2D eigenvalue weighted by Gasteiger charge is -2.09. The first kappa shape index (κ1) is 16.5. The van der Waals surface area contributed by atoms with Crippen molar-refractivity contribution in [2.75, 3.05) is 5.73 Å².